The molecule has 0 saturated carbocycles. The van der Waals surface area contributed by atoms with Crippen LogP contribution in [0.2, 0.25) is 0 Å². The van der Waals surface area contributed by atoms with Crippen molar-refractivity contribution in [3.05, 3.63) is 11.6 Å². The molecule has 1 N–H and O–H groups in total. The van der Waals surface area contributed by atoms with E-state index in [9.17, 15) is 4.79 Å². The average Bonchev–Trinajstić information content (AvgIpc) is 2.91. The monoisotopic (exact) mass is 279 g/mol. The molecule has 1 fully saturated rings. The Kier molecular flexibility index (Phi) is 3.98. The summed E-state index contributed by atoms with van der Waals surface area (Å²) in [5.74, 6) is 2.51. The lowest BCUT2D eigenvalue weighted by Gasteiger charge is -2.29. The van der Waals surface area contributed by atoms with Gasteiger partial charge >= 0.3 is 0 Å². The number of hydrogen-bond acceptors (Lipinski definition) is 5. The smallest absolute Gasteiger partial charge is 0.249 e. The van der Waals surface area contributed by atoms with Gasteiger partial charge in [0, 0.05) is 26.1 Å². The van der Waals surface area contributed by atoms with Gasteiger partial charge in [0.1, 0.15) is 12.4 Å². The standard InChI is InChI=1S/C13H21N5O2/c1-20-9-12(19)17-6-7-18-11(8-17)15-16-13(18)10-2-4-14-5-3-10/h10,14H,2-9H2,1H3. The van der Waals surface area contributed by atoms with E-state index in [-0.39, 0.29) is 12.5 Å². The Bertz CT molecular complexity index is 481. The molecule has 0 radical (unpaired) electrons. The van der Waals surface area contributed by atoms with Gasteiger partial charge in [-0.15, -0.1) is 10.2 Å². The van der Waals surface area contributed by atoms with E-state index in [1.807, 2.05) is 0 Å². The number of nitrogens with one attached hydrogen (secondary N) is 1. The molecular formula is C13H21N5O2. The van der Waals surface area contributed by atoms with Crippen molar-refractivity contribution < 1.29 is 9.53 Å². The SMILES string of the molecule is COCC(=O)N1CCn2c(nnc2C2CCNCC2)C1. The van der Waals surface area contributed by atoms with Gasteiger partial charge in [-0.1, -0.05) is 0 Å². The summed E-state index contributed by atoms with van der Waals surface area (Å²) >= 11 is 0. The number of amides is 1. The van der Waals surface area contributed by atoms with Gasteiger partial charge in [-0.3, -0.25) is 4.79 Å². The first-order chi connectivity index (χ1) is 9.79. The number of rotatable bonds is 3. The van der Waals surface area contributed by atoms with Gasteiger partial charge in [-0.2, -0.15) is 0 Å². The molecule has 0 unspecified atom stereocenters. The molecule has 1 aromatic heterocycles. The fourth-order valence-corrected chi connectivity index (χ4v) is 2.99. The van der Waals surface area contributed by atoms with Gasteiger partial charge in [0.05, 0.1) is 6.54 Å². The fourth-order valence-electron chi connectivity index (χ4n) is 2.99. The Morgan fingerprint density at radius 1 is 1.35 bits per heavy atom. The van der Waals surface area contributed by atoms with Crippen LogP contribution in [-0.2, 0) is 22.6 Å². The lowest BCUT2D eigenvalue weighted by Crippen LogP contribution is -2.40. The molecular weight excluding hydrogens is 258 g/mol. The Morgan fingerprint density at radius 2 is 2.15 bits per heavy atom. The van der Waals surface area contributed by atoms with Crippen molar-refractivity contribution >= 4 is 5.91 Å². The van der Waals surface area contributed by atoms with Crippen LogP contribution in [0.25, 0.3) is 0 Å². The maximum Gasteiger partial charge on any atom is 0.249 e. The van der Waals surface area contributed by atoms with Crippen molar-refractivity contribution in [3.63, 3.8) is 0 Å². The highest BCUT2D eigenvalue weighted by Gasteiger charge is 2.28. The van der Waals surface area contributed by atoms with Crippen molar-refractivity contribution in [2.24, 2.45) is 0 Å². The third-order valence-corrected chi connectivity index (χ3v) is 4.11. The van der Waals surface area contributed by atoms with Crippen LogP contribution in [0.15, 0.2) is 0 Å². The van der Waals surface area contributed by atoms with Gasteiger partial charge in [0.2, 0.25) is 5.91 Å². The third-order valence-electron chi connectivity index (χ3n) is 4.11. The minimum absolute atomic E-state index is 0.0187. The van der Waals surface area contributed by atoms with Gasteiger partial charge in [-0.05, 0) is 25.9 Å². The number of fused-ring (bicyclic) bond motifs is 1. The van der Waals surface area contributed by atoms with Gasteiger partial charge in [0.25, 0.3) is 0 Å². The third kappa shape index (κ3) is 2.55. The second-order valence-corrected chi connectivity index (χ2v) is 5.40. The quantitative estimate of drug-likeness (QED) is 0.825. The molecule has 0 atom stereocenters. The maximum atomic E-state index is 11.9. The molecule has 1 aromatic rings. The van der Waals surface area contributed by atoms with Crippen LogP contribution in [0.3, 0.4) is 0 Å². The second kappa shape index (κ2) is 5.88. The Labute approximate surface area is 118 Å². The van der Waals surface area contributed by atoms with Crippen molar-refractivity contribution in [1.82, 2.24) is 25.0 Å². The zero-order valence-corrected chi connectivity index (χ0v) is 11.8. The summed E-state index contributed by atoms with van der Waals surface area (Å²) in [6, 6.07) is 0. The van der Waals surface area contributed by atoms with E-state index in [4.69, 9.17) is 4.74 Å². The Hall–Kier alpha value is -1.47. The predicted molar refractivity (Wildman–Crippen MR) is 72.2 cm³/mol. The van der Waals surface area contributed by atoms with E-state index < -0.39 is 0 Å². The number of ether oxygens (including phenoxy) is 1. The molecule has 2 aliphatic heterocycles. The Balaban J connectivity index is 1.72. The summed E-state index contributed by atoms with van der Waals surface area (Å²) in [6.45, 7) is 4.27. The van der Waals surface area contributed by atoms with E-state index in [1.165, 1.54) is 0 Å². The molecule has 0 aliphatic carbocycles. The summed E-state index contributed by atoms with van der Waals surface area (Å²) in [5.41, 5.74) is 0. The molecule has 7 heteroatoms. The summed E-state index contributed by atoms with van der Waals surface area (Å²) in [5, 5.41) is 12.0. The van der Waals surface area contributed by atoms with E-state index >= 15 is 0 Å². The fraction of sp³-hybridized carbons (Fsp3) is 0.769. The van der Waals surface area contributed by atoms with Crippen LogP contribution >= 0.6 is 0 Å². The number of piperidine rings is 1. The first-order valence-electron chi connectivity index (χ1n) is 7.19. The summed E-state index contributed by atoms with van der Waals surface area (Å²) in [6.07, 6.45) is 2.23. The number of carbonyl (C=O) groups excluding carboxylic acids is 1. The molecule has 3 rings (SSSR count). The summed E-state index contributed by atoms with van der Waals surface area (Å²) in [4.78, 5) is 13.6. The van der Waals surface area contributed by atoms with Crippen molar-refractivity contribution in [3.8, 4) is 0 Å². The maximum absolute atomic E-state index is 11.9. The van der Waals surface area contributed by atoms with Crippen molar-refractivity contribution in [2.75, 3.05) is 33.4 Å². The van der Waals surface area contributed by atoms with Crippen LogP contribution in [0.5, 0.6) is 0 Å². The van der Waals surface area contributed by atoms with Gasteiger partial charge in [0.15, 0.2) is 5.82 Å². The van der Waals surface area contributed by atoms with Gasteiger partial charge < -0.3 is 19.5 Å². The first kappa shape index (κ1) is 13.5. The molecule has 3 heterocycles. The number of carbonyl (C=O) groups is 1. The molecule has 7 nitrogen and oxygen atoms in total. The summed E-state index contributed by atoms with van der Waals surface area (Å²) in [7, 11) is 1.54. The van der Waals surface area contributed by atoms with Crippen molar-refractivity contribution in [1.29, 1.82) is 0 Å². The highest BCUT2D eigenvalue weighted by molar-refractivity contribution is 5.77. The lowest BCUT2D eigenvalue weighted by molar-refractivity contribution is -0.136. The number of nitrogens with zero attached hydrogens (tertiary/aromatic N) is 4. The Morgan fingerprint density at radius 3 is 2.90 bits per heavy atom. The number of methoxy groups -OCH3 is 1. The molecule has 110 valence electrons. The zero-order valence-electron chi connectivity index (χ0n) is 11.8. The zero-order chi connectivity index (χ0) is 13.9. The molecule has 1 amide bonds. The highest BCUT2D eigenvalue weighted by atomic mass is 16.5. The minimum atomic E-state index is 0.0187. The largest absolute Gasteiger partial charge is 0.375 e. The predicted octanol–water partition coefficient (Wildman–Crippen LogP) is -0.266. The van der Waals surface area contributed by atoms with Crippen molar-refractivity contribution in [2.45, 2.75) is 31.8 Å². The van der Waals surface area contributed by atoms with Crippen LogP contribution in [0.1, 0.15) is 30.4 Å². The molecule has 2 aliphatic rings. The second-order valence-electron chi connectivity index (χ2n) is 5.40. The molecule has 0 bridgehead atoms. The average molecular weight is 279 g/mol. The number of aromatic nitrogens is 3. The van der Waals surface area contributed by atoms with Crippen LogP contribution in [-0.4, -0.2) is 58.9 Å². The normalized spacial score (nSPS) is 19.9. The molecule has 1 saturated heterocycles. The van der Waals surface area contributed by atoms with E-state index in [1.54, 1.807) is 12.0 Å². The van der Waals surface area contributed by atoms with E-state index in [0.717, 1.165) is 44.1 Å². The highest BCUT2D eigenvalue weighted by Crippen LogP contribution is 2.25. The van der Waals surface area contributed by atoms with Crippen LogP contribution in [0, 0.1) is 0 Å². The first-order valence-corrected chi connectivity index (χ1v) is 7.19. The van der Waals surface area contributed by atoms with Crippen LogP contribution < -0.4 is 5.32 Å². The summed E-state index contributed by atoms with van der Waals surface area (Å²) < 4.78 is 7.11. The molecule has 20 heavy (non-hydrogen) atoms. The minimum Gasteiger partial charge on any atom is -0.375 e. The van der Waals surface area contributed by atoms with E-state index in [2.05, 4.69) is 20.1 Å². The van der Waals surface area contributed by atoms with Gasteiger partial charge in [-0.25, -0.2) is 0 Å². The molecule has 0 spiro atoms. The van der Waals surface area contributed by atoms with Crippen LogP contribution in [0.4, 0.5) is 0 Å². The lowest BCUT2D eigenvalue weighted by atomic mass is 9.97. The van der Waals surface area contributed by atoms with E-state index in [0.29, 0.717) is 19.0 Å². The topological polar surface area (TPSA) is 72.3 Å². The molecule has 0 aromatic carbocycles. The number of hydrogen-bond donors (Lipinski definition) is 1.